The maximum Gasteiger partial charge on any atom is 0.0716 e. The van der Waals surface area contributed by atoms with Crippen LogP contribution in [0.4, 0.5) is 0 Å². The first-order valence-electron chi connectivity index (χ1n) is 10.7. The molecule has 0 aliphatic carbocycles. The lowest BCUT2D eigenvalue weighted by molar-refractivity contribution is 1.39. The third kappa shape index (κ3) is 2.58. The summed E-state index contributed by atoms with van der Waals surface area (Å²) in [4.78, 5) is 14.1. The Labute approximate surface area is 184 Å². The number of hydrogen-bond acceptors (Lipinski definition) is 3. The summed E-state index contributed by atoms with van der Waals surface area (Å²) in [6, 6.07) is 31.9. The van der Waals surface area contributed by atoms with Crippen molar-refractivity contribution in [2.45, 2.75) is 0 Å². The molecular weight excluding hydrogens is 390 g/mol. The zero-order valence-corrected chi connectivity index (χ0v) is 17.2. The van der Waals surface area contributed by atoms with E-state index in [1.54, 1.807) is 0 Å². The Kier molecular flexibility index (Phi) is 3.55. The van der Waals surface area contributed by atoms with Crippen molar-refractivity contribution in [3.63, 3.8) is 0 Å². The van der Waals surface area contributed by atoms with Crippen molar-refractivity contribution < 1.29 is 0 Å². The van der Waals surface area contributed by atoms with E-state index in [1.165, 1.54) is 21.5 Å². The van der Waals surface area contributed by atoms with Gasteiger partial charge in [0, 0.05) is 34.1 Å². The summed E-state index contributed by atoms with van der Waals surface area (Å²) in [6.07, 6.45) is 3.68. The number of fused-ring (bicyclic) bond motifs is 6. The summed E-state index contributed by atoms with van der Waals surface area (Å²) < 4.78 is 0. The monoisotopic (exact) mass is 407 g/mol. The van der Waals surface area contributed by atoms with Gasteiger partial charge in [0.05, 0.1) is 22.2 Å². The Morgan fingerprint density at radius 1 is 0.438 bits per heavy atom. The highest BCUT2D eigenvalue weighted by Gasteiger charge is 2.09. The fourth-order valence-corrected chi connectivity index (χ4v) is 4.73. The van der Waals surface area contributed by atoms with E-state index < -0.39 is 0 Å². The number of aromatic nitrogens is 3. The van der Waals surface area contributed by atoms with Gasteiger partial charge in [0.1, 0.15) is 0 Å². The van der Waals surface area contributed by atoms with E-state index in [4.69, 9.17) is 4.98 Å². The van der Waals surface area contributed by atoms with E-state index in [0.717, 1.165) is 44.0 Å². The van der Waals surface area contributed by atoms with Gasteiger partial charge in [-0.25, -0.2) is 4.98 Å². The van der Waals surface area contributed by atoms with Gasteiger partial charge in [-0.15, -0.1) is 0 Å². The first-order valence-corrected chi connectivity index (χ1v) is 10.7. The lowest BCUT2D eigenvalue weighted by Crippen LogP contribution is -1.89. The molecule has 148 valence electrons. The molecule has 0 amide bonds. The quantitative estimate of drug-likeness (QED) is 0.212. The molecule has 0 saturated heterocycles. The van der Waals surface area contributed by atoms with Crippen LogP contribution in [0.3, 0.4) is 0 Å². The minimum atomic E-state index is 0.961. The van der Waals surface area contributed by atoms with E-state index >= 15 is 0 Å². The number of hydrogen-bond donors (Lipinski definition) is 0. The van der Waals surface area contributed by atoms with Gasteiger partial charge in [-0.2, -0.15) is 0 Å². The molecule has 3 heteroatoms. The molecule has 0 saturated carbocycles. The Balaban J connectivity index is 1.51. The molecule has 7 rings (SSSR count). The summed E-state index contributed by atoms with van der Waals surface area (Å²) in [6.45, 7) is 0. The second kappa shape index (κ2) is 6.56. The zero-order chi connectivity index (χ0) is 21.1. The van der Waals surface area contributed by atoms with Gasteiger partial charge in [0.15, 0.2) is 0 Å². The second-order valence-electron chi connectivity index (χ2n) is 8.17. The van der Waals surface area contributed by atoms with Crippen molar-refractivity contribution in [1.82, 2.24) is 15.0 Å². The van der Waals surface area contributed by atoms with Crippen molar-refractivity contribution in [3.05, 3.63) is 103 Å². The Morgan fingerprint density at radius 2 is 1.12 bits per heavy atom. The van der Waals surface area contributed by atoms with E-state index in [9.17, 15) is 0 Å². The molecule has 3 aromatic heterocycles. The minimum absolute atomic E-state index is 0.961. The zero-order valence-electron chi connectivity index (χ0n) is 17.2. The van der Waals surface area contributed by atoms with Gasteiger partial charge in [-0.05, 0) is 70.1 Å². The summed E-state index contributed by atoms with van der Waals surface area (Å²) in [5.41, 5.74) is 5.05. The molecule has 3 nitrogen and oxygen atoms in total. The van der Waals surface area contributed by atoms with Gasteiger partial charge in [0.2, 0.25) is 0 Å². The number of nitrogens with zero attached hydrogens (tertiary/aromatic N) is 3. The summed E-state index contributed by atoms with van der Waals surface area (Å²) in [7, 11) is 0. The predicted octanol–water partition coefficient (Wildman–Crippen LogP) is 7.30. The van der Waals surface area contributed by atoms with Crippen LogP contribution in [0.5, 0.6) is 0 Å². The van der Waals surface area contributed by atoms with Crippen LogP contribution in [-0.4, -0.2) is 15.0 Å². The lowest BCUT2D eigenvalue weighted by atomic mass is 9.98. The molecule has 0 unspecified atom stereocenters. The molecule has 32 heavy (non-hydrogen) atoms. The van der Waals surface area contributed by atoms with Crippen molar-refractivity contribution in [2.24, 2.45) is 0 Å². The third-order valence-electron chi connectivity index (χ3n) is 6.29. The highest BCUT2D eigenvalue weighted by molar-refractivity contribution is 6.14. The van der Waals surface area contributed by atoms with Gasteiger partial charge < -0.3 is 0 Å². The van der Waals surface area contributed by atoms with Crippen LogP contribution in [-0.2, 0) is 0 Å². The van der Waals surface area contributed by atoms with E-state index in [-0.39, 0.29) is 0 Å². The second-order valence-corrected chi connectivity index (χ2v) is 8.17. The van der Waals surface area contributed by atoms with Gasteiger partial charge in [-0.1, -0.05) is 42.5 Å². The normalized spacial score (nSPS) is 11.8. The highest BCUT2D eigenvalue weighted by atomic mass is 14.7. The van der Waals surface area contributed by atoms with Crippen LogP contribution in [0.25, 0.3) is 65.5 Å². The summed E-state index contributed by atoms with van der Waals surface area (Å²) >= 11 is 0. The van der Waals surface area contributed by atoms with E-state index in [0.29, 0.717) is 0 Å². The molecule has 0 aliphatic heterocycles. The number of benzene rings is 4. The fraction of sp³-hybridized carbons (Fsp3) is 0. The van der Waals surface area contributed by atoms with Crippen molar-refractivity contribution >= 4 is 54.3 Å². The van der Waals surface area contributed by atoms with Gasteiger partial charge in [0.25, 0.3) is 0 Å². The van der Waals surface area contributed by atoms with Gasteiger partial charge in [-0.3, -0.25) is 9.97 Å². The molecule has 0 atom stereocenters. The topological polar surface area (TPSA) is 38.7 Å². The summed E-state index contributed by atoms with van der Waals surface area (Å²) in [5.74, 6) is 0. The molecule has 0 aliphatic rings. The third-order valence-corrected chi connectivity index (χ3v) is 6.29. The standard InChI is InChI=1S/C29H17N3/c1-5-23(22-6-3-13-30-26(22)7-1)27-11-10-21-15-19-9-8-18-14-20-4-2-12-31-28(20)16-24(18)25(19)17-29(21)32-27/h1-17H. The molecule has 3 heterocycles. The van der Waals surface area contributed by atoms with Crippen molar-refractivity contribution in [3.8, 4) is 11.3 Å². The van der Waals surface area contributed by atoms with E-state index in [1.807, 2.05) is 36.7 Å². The van der Waals surface area contributed by atoms with Crippen LogP contribution < -0.4 is 0 Å². The van der Waals surface area contributed by atoms with Gasteiger partial charge >= 0.3 is 0 Å². The summed E-state index contributed by atoms with van der Waals surface area (Å²) in [5, 5.41) is 8.25. The molecule has 0 spiro atoms. The van der Waals surface area contributed by atoms with Crippen LogP contribution in [0.2, 0.25) is 0 Å². The lowest BCUT2D eigenvalue weighted by Gasteiger charge is -2.10. The smallest absolute Gasteiger partial charge is 0.0716 e. The van der Waals surface area contributed by atoms with Crippen LogP contribution in [0.1, 0.15) is 0 Å². The van der Waals surface area contributed by atoms with Crippen LogP contribution in [0.15, 0.2) is 103 Å². The maximum absolute atomic E-state index is 5.07. The Morgan fingerprint density at radius 3 is 1.97 bits per heavy atom. The van der Waals surface area contributed by atoms with Crippen LogP contribution >= 0.6 is 0 Å². The van der Waals surface area contributed by atoms with Crippen molar-refractivity contribution in [1.29, 1.82) is 0 Å². The molecule has 4 aromatic carbocycles. The highest BCUT2D eigenvalue weighted by Crippen LogP contribution is 2.33. The average molecular weight is 407 g/mol. The Hall–Kier alpha value is -4.37. The van der Waals surface area contributed by atoms with Crippen molar-refractivity contribution in [2.75, 3.05) is 0 Å². The molecule has 0 bridgehead atoms. The Bertz CT molecular complexity index is 1830. The number of rotatable bonds is 1. The first kappa shape index (κ1) is 17.3. The molecule has 7 aromatic rings. The fourth-order valence-electron chi connectivity index (χ4n) is 4.73. The van der Waals surface area contributed by atoms with Crippen LogP contribution in [0, 0.1) is 0 Å². The average Bonchev–Trinajstić information content (AvgIpc) is 2.85. The molecule has 0 fully saturated rings. The first-order chi connectivity index (χ1) is 15.8. The molecule has 0 N–H and O–H groups in total. The molecular formula is C29H17N3. The predicted molar refractivity (Wildman–Crippen MR) is 133 cm³/mol. The van der Waals surface area contributed by atoms with E-state index in [2.05, 4.69) is 76.7 Å². The SMILES string of the molecule is c1cnc2cc3c(ccc4cc5ccc(-c6cccc7ncccc67)nc5cc43)cc2c1. The molecule has 0 radical (unpaired) electrons. The maximum atomic E-state index is 5.07. The number of pyridine rings is 3. The largest absolute Gasteiger partial charge is 0.256 e. The minimum Gasteiger partial charge on any atom is -0.256 e.